The number of aromatic nitrogens is 4. The Kier molecular flexibility index (Phi) is 3.69. The van der Waals surface area contributed by atoms with Crippen molar-refractivity contribution in [1.29, 1.82) is 0 Å². The van der Waals surface area contributed by atoms with Gasteiger partial charge >= 0.3 is 0 Å². The normalized spacial score (nSPS) is 11.9. The van der Waals surface area contributed by atoms with E-state index in [0.29, 0.717) is 5.56 Å². The van der Waals surface area contributed by atoms with Gasteiger partial charge in [-0.15, -0.1) is 0 Å². The molecule has 2 aromatic heterocycles. The van der Waals surface area contributed by atoms with E-state index in [-0.39, 0.29) is 18.1 Å². The van der Waals surface area contributed by atoms with Crippen LogP contribution < -0.4 is 10.5 Å². The molecule has 9 heteroatoms. The van der Waals surface area contributed by atoms with Crippen molar-refractivity contribution in [3.05, 3.63) is 29.2 Å². The monoisotopic (exact) mass is 284 g/mol. The first kappa shape index (κ1) is 13.7. The lowest BCUT2D eigenvalue weighted by molar-refractivity contribution is 0.575. The highest BCUT2D eigenvalue weighted by atomic mass is 32.2. The summed E-state index contributed by atoms with van der Waals surface area (Å²) in [6.07, 6.45) is 3.04. The van der Waals surface area contributed by atoms with Crippen molar-refractivity contribution in [3.8, 4) is 0 Å². The SMILES string of the molecule is Cc1c(CNS(=O)(=O)c2[nH]ncc2CN)cnn1C. The number of aryl methyl sites for hydroxylation is 1. The van der Waals surface area contributed by atoms with Crippen LogP contribution in [0.2, 0.25) is 0 Å². The maximum absolute atomic E-state index is 12.1. The number of hydrogen-bond acceptors (Lipinski definition) is 5. The van der Waals surface area contributed by atoms with Crippen molar-refractivity contribution in [1.82, 2.24) is 24.7 Å². The van der Waals surface area contributed by atoms with Gasteiger partial charge in [0.25, 0.3) is 10.0 Å². The second-order valence-electron chi connectivity index (χ2n) is 4.13. The van der Waals surface area contributed by atoms with Gasteiger partial charge in [0.05, 0.1) is 12.4 Å². The van der Waals surface area contributed by atoms with E-state index in [1.807, 2.05) is 6.92 Å². The zero-order chi connectivity index (χ0) is 14.0. The summed E-state index contributed by atoms with van der Waals surface area (Å²) in [4.78, 5) is 0. The molecule has 0 amide bonds. The van der Waals surface area contributed by atoms with Gasteiger partial charge < -0.3 is 5.73 Å². The molecule has 4 N–H and O–H groups in total. The molecule has 0 atom stereocenters. The number of hydrogen-bond donors (Lipinski definition) is 3. The second-order valence-corrected chi connectivity index (χ2v) is 5.84. The van der Waals surface area contributed by atoms with Crippen LogP contribution in [0.3, 0.4) is 0 Å². The van der Waals surface area contributed by atoms with E-state index in [1.165, 1.54) is 6.20 Å². The number of aromatic amines is 1. The average molecular weight is 284 g/mol. The molecular weight excluding hydrogens is 268 g/mol. The molecule has 0 aliphatic heterocycles. The smallest absolute Gasteiger partial charge is 0.258 e. The summed E-state index contributed by atoms with van der Waals surface area (Å²) >= 11 is 0. The topological polar surface area (TPSA) is 119 Å². The Morgan fingerprint density at radius 2 is 2.16 bits per heavy atom. The second kappa shape index (κ2) is 5.11. The lowest BCUT2D eigenvalue weighted by atomic mass is 10.3. The Morgan fingerprint density at radius 1 is 1.42 bits per heavy atom. The Balaban J connectivity index is 2.17. The Labute approximate surface area is 111 Å². The van der Waals surface area contributed by atoms with Crippen molar-refractivity contribution >= 4 is 10.0 Å². The number of rotatable bonds is 5. The third-order valence-corrected chi connectivity index (χ3v) is 4.37. The molecule has 2 rings (SSSR count). The fraction of sp³-hybridized carbons (Fsp3) is 0.400. The van der Waals surface area contributed by atoms with E-state index in [1.54, 1.807) is 17.9 Å². The van der Waals surface area contributed by atoms with Crippen molar-refractivity contribution < 1.29 is 8.42 Å². The molecule has 0 spiro atoms. The van der Waals surface area contributed by atoms with Crippen LogP contribution in [-0.4, -0.2) is 28.4 Å². The first-order valence-electron chi connectivity index (χ1n) is 5.65. The summed E-state index contributed by atoms with van der Waals surface area (Å²) < 4.78 is 28.4. The standard InChI is InChI=1S/C10H16N6O2S/c1-7-9(5-13-16(7)2)6-14-19(17,18)10-8(3-11)4-12-15-10/h4-5,14H,3,6,11H2,1-2H3,(H,12,15). The highest BCUT2D eigenvalue weighted by Gasteiger charge is 2.20. The van der Waals surface area contributed by atoms with Gasteiger partial charge in [-0.25, -0.2) is 13.1 Å². The third kappa shape index (κ3) is 2.67. The van der Waals surface area contributed by atoms with Crippen LogP contribution in [0.15, 0.2) is 17.4 Å². The van der Waals surface area contributed by atoms with Crippen LogP contribution in [0.25, 0.3) is 0 Å². The number of nitrogens with zero attached hydrogens (tertiary/aromatic N) is 3. The molecule has 2 heterocycles. The van der Waals surface area contributed by atoms with Gasteiger partial charge in [0.15, 0.2) is 5.03 Å². The summed E-state index contributed by atoms with van der Waals surface area (Å²) in [5.74, 6) is 0. The molecule has 0 bridgehead atoms. The van der Waals surface area contributed by atoms with Crippen LogP contribution in [0, 0.1) is 6.92 Å². The molecular formula is C10H16N6O2S. The number of nitrogens with two attached hydrogens (primary N) is 1. The molecule has 0 aromatic carbocycles. The van der Waals surface area contributed by atoms with Crippen LogP contribution in [0.1, 0.15) is 16.8 Å². The average Bonchev–Trinajstić information content (AvgIpc) is 2.97. The summed E-state index contributed by atoms with van der Waals surface area (Å²) in [5.41, 5.74) is 7.64. The number of nitrogens with one attached hydrogen (secondary N) is 2. The minimum absolute atomic E-state index is 0.0107. The van der Waals surface area contributed by atoms with Gasteiger partial charge in [-0.3, -0.25) is 9.78 Å². The number of sulfonamides is 1. The van der Waals surface area contributed by atoms with Gasteiger partial charge in [-0.05, 0) is 6.92 Å². The first-order chi connectivity index (χ1) is 8.95. The molecule has 0 aliphatic carbocycles. The molecule has 0 saturated heterocycles. The summed E-state index contributed by atoms with van der Waals surface area (Å²) in [7, 11) is -1.85. The summed E-state index contributed by atoms with van der Waals surface area (Å²) in [6, 6.07) is 0. The van der Waals surface area contributed by atoms with E-state index in [0.717, 1.165) is 11.3 Å². The van der Waals surface area contributed by atoms with E-state index < -0.39 is 10.0 Å². The zero-order valence-corrected chi connectivity index (χ0v) is 11.5. The van der Waals surface area contributed by atoms with E-state index >= 15 is 0 Å². The summed E-state index contributed by atoms with van der Waals surface area (Å²) in [5, 5.41) is 10.2. The van der Waals surface area contributed by atoms with E-state index in [2.05, 4.69) is 20.0 Å². The maximum atomic E-state index is 12.1. The molecule has 0 fully saturated rings. The zero-order valence-electron chi connectivity index (χ0n) is 10.7. The van der Waals surface area contributed by atoms with Gasteiger partial charge in [-0.2, -0.15) is 10.2 Å². The predicted octanol–water partition coefficient (Wildman–Crippen LogP) is -0.611. The maximum Gasteiger partial charge on any atom is 0.258 e. The highest BCUT2D eigenvalue weighted by molar-refractivity contribution is 7.89. The van der Waals surface area contributed by atoms with Crippen LogP contribution >= 0.6 is 0 Å². The quantitative estimate of drug-likeness (QED) is 0.676. The van der Waals surface area contributed by atoms with Crippen LogP contribution in [0.4, 0.5) is 0 Å². The lowest BCUT2D eigenvalue weighted by Crippen LogP contribution is -2.25. The lowest BCUT2D eigenvalue weighted by Gasteiger charge is -2.06. The van der Waals surface area contributed by atoms with Gasteiger partial charge in [0.1, 0.15) is 0 Å². The molecule has 0 aliphatic rings. The van der Waals surface area contributed by atoms with E-state index in [4.69, 9.17) is 5.73 Å². The molecule has 2 aromatic rings. The molecule has 19 heavy (non-hydrogen) atoms. The fourth-order valence-corrected chi connectivity index (χ4v) is 2.78. The fourth-order valence-electron chi connectivity index (χ4n) is 1.64. The molecule has 8 nitrogen and oxygen atoms in total. The van der Waals surface area contributed by atoms with Crippen LogP contribution in [-0.2, 0) is 30.2 Å². The predicted molar refractivity (Wildman–Crippen MR) is 68.4 cm³/mol. The van der Waals surface area contributed by atoms with Gasteiger partial charge in [-0.1, -0.05) is 0 Å². The number of H-pyrrole nitrogens is 1. The van der Waals surface area contributed by atoms with Gasteiger partial charge in [0, 0.05) is 37.0 Å². The Morgan fingerprint density at radius 3 is 2.74 bits per heavy atom. The summed E-state index contributed by atoms with van der Waals surface area (Å²) in [6.45, 7) is 2.15. The van der Waals surface area contributed by atoms with Crippen molar-refractivity contribution in [2.24, 2.45) is 12.8 Å². The van der Waals surface area contributed by atoms with Gasteiger partial charge in [0.2, 0.25) is 0 Å². The minimum Gasteiger partial charge on any atom is -0.326 e. The molecule has 104 valence electrons. The molecule has 0 radical (unpaired) electrons. The third-order valence-electron chi connectivity index (χ3n) is 2.96. The Bertz CT molecular complexity index is 672. The molecule has 0 saturated carbocycles. The van der Waals surface area contributed by atoms with Crippen molar-refractivity contribution in [2.45, 2.75) is 25.0 Å². The molecule has 0 unspecified atom stereocenters. The van der Waals surface area contributed by atoms with Crippen LogP contribution in [0.5, 0.6) is 0 Å². The largest absolute Gasteiger partial charge is 0.326 e. The highest BCUT2D eigenvalue weighted by Crippen LogP contribution is 2.12. The van der Waals surface area contributed by atoms with Crippen molar-refractivity contribution in [2.75, 3.05) is 0 Å². The Hall–Kier alpha value is -1.71. The van der Waals surface area contributed by atoms with Crippen molar-refractivity contribution in [3.63, 3.8) is 0 Å². The minimum atomic E-state index is -3.65. The first-order valence-corrected chi connectivity index (χ1v) is 7.13. The van der Waals surface area contributed by atoms with E-state index in [9.17, 15) is 8.42 Å².